The molecule has 25 heavy (non-hydrogen) atoms. The van der Waals surface area contributed by atoms with Gasteiger partial charge in [0.25, 0.3) is 0 Å². The van der Waals surface area contributed by atoms with Crippen molar-refractivity contribution in [2.75, 3.05) is 20.2 Å². The fourth-order valence-electron chi connectivity index (χ4n) is 3.20. The van der Waals surface area contributed by atoms with Crippen molar-refractivity contribution in [2.24, 2.45) is 0 Å². The van der Waals surface area contributed by atoms with Gasteiger partial charge in [0, 0.05) is 18.7 Å². The molecule has 5 nitrogen and oxygen atoms in total. The first-order valence-corrected chi connectivity index (χ1v) is 9.16. The zero-order valence-electron chi connectivity index (χ0n) is 16.4. The topological polar surface area (TPSA) is 50.8 Å². The number of fused-ring (bicyclic) bond motifs is 1. The largest absolute Gasteiger partial charge is 0.496 e. The lowest BCUT2D eigenvalue weighted by molar-refractivity contribution is 0.0159. The summed E-state index contributed by atoms with van der Waals surface area (Å²) in [4.78, 5) is 14.3. The van der Waals surface area contributed by atoms with Gasteiger partial charge in [0.2, 0.25) is 0 Å². The molecule has 0 fully saturated rings. The molecular formula is C20H32N2O3. The van der Waals surface area contributed by atoms with Crippen molar-refractivity contribution in [1.82, 2.24) is 10.2 Å². The van der Waals surface area contributed by atoms with E-state index in [9.17, 15) is 4.79 Å². The van der Waals surface area contributed by atoms with Crippen LogP contribution < -0.4 is 10.1 Å². The van der Waals surface area contributed by atoms with Crippen LogP contribution in [0.1, 0.15) is 63.8 Å². The zero-order chi connectivity index (χ0) is 18.6. The number of benzene rings is 1. The molecule has 0 bridgehead atoms. The summed E-state index contributed by atoms with van der Waals surface area (Å²) < 4.78 is 11.1. The maximum atomic E-state index is 12.5. The third-order valence-electron chi connectivity index (χ3n) is 4.45. The number of nitrogens with one attached hydrogen (secondary N) is 1. The molecular weight excluding hydrogens is 316 g/mol. The predicted molar refractivity (Wildman–Crippen MR) is 100 cm³/mol. The van der Waals surface area contributed by atoms with Crippen molar-refractivity contribution in [3.63, 3.8) is 0 Å². The summed E-state index contributed by atoms with van der Waals surface area (Å²) in [5.74, 6) is 0.875. The summed E-state index contributed by atoms with van der Waals surface area (Å²) in [6.07, 6.45) is 1.69. The second-order valence-corrected chi connectivity index (χ2v) is 7.64. The van der Waals surface area contributed by atoms with Crippen LogP contribution >= 0.6 is 0 Å². The minimum absolute atomic E-state index is 0.0230. The Morgan fingerprint density at radius 3 is 2.68 bits per heavy atom. The number of ether oxygens (including phenoxy) is 2. The molecule has 0 aliphatic carbocycles. The number of amides is 1. The van der Waals surface area contributed by atoms with Crippen LogP contribution in [0.4, 0.5) is 4.79 Å². The van der Waals surface area contributed by atoms with Gasteiger partial charge in [-0.2, -0.15) is 0 Å². The van der Waals surface area contributed by atoms with Crippen LogP contribution in [0.3, 0.4) is 0 Å². The van der Waals surface area contributed by atoms with E-state index < -0.39 is 5.60 Å². The first-order chi connectivity index (χ1) is 11.8. The van der Waals surface area contributed by atoms with Crippen LogP contribution in [0.15, 0.2) is 12.1 Å². The second kappa shape index (κ2) is 8.09. The van der Waals surface area contributed by atoms with Crippen LogP contribution in [0, 0.1) is 0 Å². The Hall–Kier alpha value is -1.75. The summed E-state index contributed by atoms with van der Waals surface area (Å²) in [5.41, 5.74) is 3.13. The highest BCUT2D eigenvalue weighted by Crippen LogP contribution is 2.35. The van der Waals surface area contributed by atoms with Crippen molar-refractivity contribution < 1.29 is 14.3 Å². The first kappa shape index (κ1) is 19.6. The third kappa shape index (κ3) is 4.88. The Morgan fingerprint density at radius 1 is 1.36 bits per heavy atom. The van der Waals surface area contributed by atoms with Crippen LogP contribution in [0.5, 0.6) is 5.75 Å². The molecule has 1 atom stereocenters. The van der Waals surface area contributed by atoms with Crippen LogP contribution in [0.25, 0.3) is 0 Å². The number of carbonyl (C=O) groups excluding carboxylic acids is 1. The minimum Gasteiger partial charge on any atom is -0.496 e. The molecule has 0 spiro atoms. The normalized spacial score (nSPS) is 17.2. The van der Waals surface area contributed by atoms with Gasteiger partial charge in [0.15, 0.2) is 0 Å². The molecule has 1 heterocycles. The Balaban J connectivity index is 2.22. The molecule has 0 saturated carbocycles. The van der Waals surface area contributed by atoms with Gasteiger partial charge in [0.05, 0.1) is 13.2 Å². The second-order valence-electron chi connectivity index (χ2n) is 7.64. The highest BCUT2D eigenvalue weighted by Gasteiger charge is 2.31. The molecule has 0 radical (unpaired) electrons. The van der Waals surface area contributed by atoms with Crippen molar-refractivity contribution in [1.29, 1.82) is 0 Å². The van der Waals surface area contributed by atoms with E-state index >= 15 is 0 Å². The molecule has 2 rings (SSSR count). The zero-order valence-corrected chi connectivity index (χ0v) is 16.4. The number of nitrogens with zero attached hydrogens (tertiary/aromatic N) is 1. The average Bonchev–Trinajstić information content (AvgIpc) is 2.53. The van der Waals surface area contributed by atoms with Gasteiger partial charge in [0.1, 0.15) is 11.4 Å². The van der Waals surface area contributed by atoms with E-state index in [4.69, 9.17) is 9.47 Å². The van der Waals surface area contributed by atoms with Crippen molar-refractivity contribution in [2.45, 2.75) is 65.6 Å². The third-order valence-corrected chi connectivity index (χ3v) is 4.45. The Bertz CT molecular complexity index is 608. The SMILES string of the molecule is CCCNCc1cc2c(cc1OC)C(C)N(C(=O)OC(C)(C)C)CC2. The number of methoxy groups -OCH3 is 1. The lowest BCUT2D eigenvalue weighted by Gasteiger charge is -2.36. The molecule has 1 amide bonds. The molecule has 0 saturated heterocycles. The molecule has 140 valence electrons. The lowest BCUT2D eigenvalue weighted by Crippen LogP contribution is -2.42. The van der Waals surface area contributed by atoms with Gasteiger partial charge in [-0.1, -0.05) is 13.0 Å². The number of hydrogen-bond acceptors (Lipinski definition) is 4. The standard InChI is InChI=1S/C20H32N2O3/c1-7-9-21-13-16-11-15-8-10-22(19(23)25-20(3,4)5)14(2)17(15)12-18(16)24-6/h11-12,14,21H,7-10,13H2,1-6H3. The minimum atomic E-state index is -0.483. The fourth-order valence-corrected chi connectivity index (χ4v) is 3.20. The van der Waals surface area contributed by atoms with Gasteiger partial charge in [-0.05, 0) is 64.3 Å². The van der Waals surface area contributed by atoms with Crippen LogP contribution in [-0.2, 0) is 17.7 Å². The van der Waals surface area contributed by atoms with Gasteiger partial charge in [-0.3, -0.25) is 0 Å². The maximum Gasteiger partial charge on any atom is 0.410 e. The van der Waals surface area contributed by atoms with E-state index in [0.29, 0.717) is 6.54 Å². The quantitative estimate of drug-likeness (QED) is 0.816. The van der Waals surface area contributed by atoms with E-state index in [1.54, 1.807) is 7.11 Å². The van der Waals surface area contributed by atoms with Gasteiger partial charge >= 0.3 is 6.09 Å². The van der Waals surface area contributed by atoms with E-state index in [2.05, 4.69) is 31.3 Å². The first-order valence-electron chi connectivity index (χ1n) is 9.16. The Labute approximate surface area is 151 Å². The van der Waals surface area contributed by atoms with Crippen molar-refractivity contribution in [3.05, 3.63) is 28.8 Å². The fraction of sp³-hybridized carbons (Fsp3) is 0.650. The monoisotopic (exact) mass is 348 g/mol. The van der Waals surface area contributed by atoms with Gasteiger partial charge < -0.3 is 19.7 Å². The molecule has 5 heteroatoms. The summed E-state index contributed by atoms with van der Waals surface area (Å²) >= 11 is 0. The number of hydrogen-bond donors (Lipinski definition) is 1. The number of carbonyl (C=O) groups is 1. The summed E-state index contributed by atoms with van der Waals surface area (Å²) in [5, 5.41) is 3.43. The highest BCUT2D eigenvalue weighted by atomic mass is 16.6. The summed E-state index contributed by atoms with van der Waals surface area (Å²) in [7, 11) is 1.70. The molecule has 1 unspecified atom stereocenters. The molecule has 1 N–H and O–H groups in total. The molecule has 1 aromatic rings. The molecule has 1 aliphatic heterocycles. The smallest absolute Gasteiger partial charge is 0.410 e. The summed E-state index contributed by atoms with van der Waals surface area (Å²) in [6.45, 7) is 12.4. The Morgan fingerprint density at radius 2 is 2.08 bits per heavy atom. The van der Waals surface area contributed by atoms with E-state index in [1.165, 1.54) is 11.1 Å². The summed E-state index contributed by atoms with van der Waals surface area (Å²) in [6, 6.07) is 4.28. The van der Waals surface area contributed by atoms with Crippen molar-refractivity contribution in [3.8, 4) is 5.75 Å². The van der Waals surface area contributed by atoms with Crippen molar-refractivity contribution >= 4 is 6.09 Å². The highest BCUT2D eigenvalue weighted by molar-refractivity contribution is 5.69. The van der Waals surface area contributed by atoms with E-state index in [0.717, 1.165) is 37.2 Å². The van der Waals surface area contributed by atoms with E-state index in [1.807, 2.05) is 25.7 Å². The van der Waals surface area contributed by atoms with Gasteiger partial charge in [-0.25, -0.2) is 4.79 Å². The Kier molecular flexibility index (Phi) is 6.33. The molecule has 1 aliphatic rings. The molecule has 0 aromatic heterocycles. The predicted octanol–water partition coefficient (Wildman–Crippen LogP) is 4.05. The number of rotatable bonds is 5. The van der Waals surface area contributed by atoms with Gasteiger partial charge in [-0.15, -0.1) is 0 Å². The van der Waals surface area contributed by atoms with Crippen LogP contribution in [-0.4, -0.2) is 36.8 Å². The van der Waals surface area contributed by atoms with E-state index in [-0.39, 0.29) is 12.1 Å². The average molecular weight is 348 g/mol. The maximum absolute atomic E-state index is 12.5. The molecule has 1 aromatic carbocycles. The van der Waals surface area contributed by atoms with Crippen LogP contribution in [0.2, 0.25) is 0 Å². The lowest BCUT2D eigenvalue weighted by atomic mass is 9.91.